The lowest BCUT2D eigenvalue weighted by Crippen LogP contribution is -2.30. The average Bonchev–Trinajstić information content (AvgIpc) is 3.62. The second-order valence-corrected chi connectivity index (χ2v) is 12.6. The molecule has 11 heteroatoms. The van der Waals surface area contributed by atoms with E-state index in [4.69, 9.17) is 15.6 Å². The summed E-state index contributed by atoms with van der Waals surface area (Å²) in [5.41, 5.74) is 10.2. The molecule has 0 saturated carbocycles. The molecule has 1 aliphatic heterocycles. The molecular formula is C31H31N5O5S. The summed E-state index contributed by atoms with van der Waals surface area (Å²) in [4.78, 5) is 15.6. The number of rotatable bonds is 9. The summed E-state index contributed by atoms with van der Waals surface area (Å²) in [6.45, 7) is 2.56. The first-order chi connectivity index (χ1) is 20.2. The predicted molar refractivity (Wildman–Crippen MR) is 162 cm³/mol. The smallest absolute Gasteiger partial charge is 0.307 e. The molecule has 0 aliphatic carbocycles. The maximum Gasteiger partial charge on any atom is 0.307 e. The third kappa shape index (κ3) is 5.17. The van der Waals surface area contributed by atoms with Gasteiger partial charge in [0.05, 0.1) is 23.7 Å². The van der Waals surface area contributed by atoms with Gasteiger partial charge in [-0.25, -0.2) is 13.4 Å². The number of nitrogen functional groups attached to an aromatic ring is 1. The Morgan fingerprint density at radius 1 is 1.07 bits per heavy atom. The van der Waals surface area contributed by atoms with Crippen molar-refractivity contribution in [2.24, 2.45) is 0 Å². The first kappa shape index (κ1) is 27.7. The minimum Gasteiger partial charge on any atom is -0.487 e. The Bertz CT molecular complexity index is 1920. The molecule has 6 rings (SSSR count). The number of para-hydroxylation sites is 1. The van der Waals surface area contributed by atoms with Crippen molar-refractivity contribution in [1.29, 1.82) is 0 Å². The average molecular weight is 586 g/mol. The monoisotopic (exact) mass is 585 g/mol. The van der Waals surface area contributed by atoms with Gasteiger partial charge in [0.25, 0.3) is 0 Å². The Kier molecular flexibility index (Phi) is 7.29. The Balaban J connectivity index is 1.43. The van der Waals surface area contributed by atoms with Crippen molar-refractivity contribution >= 4 is 43.5 Å². The maximum atomic E-state index is 12.6. The molecule has 0 radical (unpaired) electrons. The number of pyridine rings is 1. The molecule has 1 fully saturated rings. The lowest BCUT2D eigenvalue weighted by Gasteiger charge is -2.16. The molecule has 1 atom stereocenters. The van der Waals surface area contributed by atoms with Crippen molar-refractivity contribution in [3.8, 4) is 16.9 Å². The number of carboxylic acid groups (broad SMARTS) is 1. The van der Waals surface area contributed by atoms with E-state index in [1.807, 2.05) is 41.1 Å². The van der Waals surface area contributed by atoms with Gasteiger partial charge >= 0.3 is 5.97 Å². The molecular weight excluding hydrogens is 554 g/mol. The largest absolute Gasteiger partial charge is 0.487 e. The number of benzene rings is 3. The highest BCUT2D eigenvalue weighted by Gasteiger charge is 2.33. The van der Waals surface area contributed by atoms with E-state index in [0.29, 0.717) is 42.3 Å². The summed E-state index contributed by atoms with van der Waals surface area (Å²) in [7, 11) is -3.31. The van der Waals surface area contributed by atoms with E-state index < -0.39 is 16.0 Å². The van der Waals surface area contributed by atoms with Gasteiger partial charge in [-0.3, -0.25) is 9.48 Å². The molecule has 5 aromatic rings. The van der Waals surface area contributed by atoms with Gasteiger partial charge in [0.15, 0.2) is 0 Å². The van der Waals surface area contributed by atoms with Crippen LogP contribution in [0.25, 0.3) is 32.8 Å². The number of hydrogen-bond donors (Lipinski definition) is 2. The maximum absolute atomic E-state index is 12.6. The van der Waals surface area contributed by atoms with Crippen molar-refractivity contribution < 1.29 is 23.1 Å². The fourth-order valence-electron chi connectivity index (χ4n) is 5.68. The van der Waals surface area contributed by atoms with E-state index in [2.05, 4.69) is 11.1 Å². The van der Waals surface area contributed by atoms with Crippen molar-refractivity contribution in [1.82, 2.24) is 19.1 Å². The molecule has 1 saturated heterocycles. The Hall–Kier alpha value is -4.48. The second kappa shape index (κ2) is 11.1. The number of anilines is 1. The molecule has 0 spiro atoms. The van der Waals surface area contributed by atoms with Crippen molar-refractivity contribution in [2.75, 3.05) is 24.6 Å². The highest BCUT2D eigenvalue weighted by atomic mass is 32.2. The molecule has 1 aliphatic rings. The summed E-state index contributed by atoms with van der Waals surface area (Å²) >= 11 is 0. The fourth-order valence-corrected chi connectivity index (χ4v) is 6.83. The molecule has 3 aromatic carbocycles. The number of fused-ring (bicyclic) bond motifs is 2. The quantitative estimate of drug-likeness (QED) is 0.255. The van der Waals surface area contributed by atoms with Gasteiger partial charge in [0.2, 0.25) is 10.0 Å². The number of hydrogen-bond acceptors (Lipinski definition) is 7. The van der Waals surface area contributed by atoms with E-state index in [-0.39, 0.29) is 24.8 Å². The van der Waals surface area contributed by atoms with Crippen molar-refractivity contribution in [3.63, 3.8) is 0 Å². The van der Waals surface area contributed by atoms with E-state index in [0.717, 1.165) is 32.8 Å². The molecule has 216 valence electrons. The Morgan fingerprint density at radius 3 is 2.71 bits per heavy atom. The zero-order valence-electron chi connectivity index (χ0n) is 23.1. The molecule has 10 nitrogen and oxygen atoms in total. The lowest BCUT2D eigenvalue weighted by molar-refractivity contribution is -0.136. The van der Waals surface area contributed by atoms with E-state index in [9.17, 15) is 18.3 Å². The highest BCUT2D eigenvalue weighted by molar-refractivity contribution is 7.89. The van der Waals surface area contributed by atoms with Crippen LogP contribution in [0.5, 0.6) is 5.75 Å². The van der Waals surface area contributed by atoms with Gasteiger partial charge in [0, 0.05) is 35.6 Å². The summed E-state index contributed by atoms with van der Waals surface area (Å²) in [5.74, 6) is 0.0641. The molecule has 3 N–H and O–H groups in total. The van der Waals surface area contributed by atoms with E-state index in [1.165, 1.54) is 4.31 Å². The van der Waals surface area contributed by atoms with Crippen LogP contribution < -0.4 is 10.5 Å². The van der Waals surface area contributed by atoms with Crippen LogP contribution >= 0.6 is 0 Å². The highest BCUT2D eigenvalue weighted by Crippen LogP contribution is 2.35. The van der Waals surface area contributed by atoms with Gasteiger partial charge in [-0.05, 0) is 54.1 Å². The van der Waals surface area contributed by atoms with Crippen LogP contribution in [-0.2, 0) is 27.8 Å². The number of sulfonamides is 1. The first-order valence-electron chi connectivity index (χ1n) is 13.8. The molecule has 3 heterocycles. The van der Waals surface area contributed by atoms with Gasteiger partial charge in [-0.15, -0.1) is 0 Å². The number of nitrogens with two attached hydrogens (primary N) is 1. The molecule has 0 amide bonds. The number of ether oxygens (including phenoxy) is 1. The van der Waals surface area contributed by atoms with E-state index in [1.54, 1.807) is 37.4 Å². The number of nitrogens with zero attached hydrogens (tertiary/aromatic N) is 4. The van der Waals surface area contributed by atoms with Gasteiger partial charge in [0.1, 0.15) is 23.9 Å². The fraction of sp³-hybridized carbons (Fsp3) is 0.258. The number of carbonyl (C=O) groups is 1. The minimum absolute atomic E-state index is 0.0584. The number of aromatic nitrogens is 3. The molecule has 1 unspecified atom stereocenters. The van der Waals surface area contributed by atoms with Crippen LogP contribution in [0.2, 0.25) is 0 Å². The summed E-state index contributed by atoms with van der Waals surface area (Å²) in [6, 6.07) is 20.9. The topological polar surface area (TPSA) is 141 Å². The Morgan fingerprint density at radius 2 is 1.90 bits per heavy atom. The standard InChI is InChI=1S/C31H31N5O5S/c1-2-42(39,40)35-15-13-22(18-35)36-28-11-10-20(23-7-5-8-25-24(23)12-14-33-31(25)32)16-26(28)27(34-36)19-41-29-9-4-3-6-21(29)17-30(37)38/h3-12,14,16,22H,2,13,15,17-19H2,1H3,(H2,32,33)(H,37,38). The first-order valence-corrected chi connectivity index (χ1v) is 15.4. The lowest BCUT2D eigenvalue weighted by atomic mass is 9.97. The minimum atomic E-state index is -3.31. The van der Waals surface area contributed by atoms with Crippen LogP contribution in [0, 0.1) is 0 Å². The second-order valence-electron chi connectivity index (χ2n) is 10.4. The van der Waals surface area contributed by atoms with Crippen LogP contribution in [0.1, 0.15) is 30.6 Å². The Labute approximate surface area is 243 Å². The number of aliphatic carboxylic acids is 1. The van der Waals surface area contributed by atoms with Crippen LogP contribution in [0.15, 0.2) is 72.9 Å². The zero-order chi connectivity index (χ0) is 29.4. The van der Waals surface area contributed by atoms with Gasteiger partial charge in [-0.1, -0.05) is 42.5 Å². The molecule has 42 heavy (non-hydrogen) atoms. The molecule has 2 aromatic heterocycles. The van der Waals surface area contributed by atoms with Crippen LogP contribution in [0.4, 0.5) is 5.82 Å². The summed E-state index contributed by atoms with van der Waals surface area (Å²) in [5, 5.41) is 17.0. The van der Waals surface area contributed by atoms with Gasteiger partial charge < -0.3 is 15.6 Å². The van der Waals surface area contributed by atoms with E-state index >= 15 is 0 Å². The number of carboxylic acids is 1. The SMILES string of the molecule is CCS(=O)(=O)N1CCC(n2nc(COc3ccccc3CC(=O)O)c3cc(-c4cccc5c(N)nccc45)ccc32)C1. The van der Waals surface area contributed by atoms with Gasteiger partial charge in [-0.2, -0.15) is 9.40 Å². The zero-order valence-corrected chi connectivity index (χ0v) is 23.9. The molecule has 0 bridgehead atoms. The normalized spacial score (nSPS) is 15.9. The summed E-state index contributed by atoms with van der Waals surface area (Å²) < 4.78 is 34.7. The van der Waals surface area contributed by atoms with Crippen molar-refractivity contribution in [3.05, 3.63) is 84.2 Å². The third-order valence-corrected chi connectivity index (χ3v) is 9.69. The van der Waals surface area contributed by atoms with Crippen LogP contribution in [0.3, 0.4) is 0 Å². The summed E-state index contributed by atoms with van der Waals surface area (Å²) in [6.07, 6.45) is 2.19. The third-order valence-electron chi connectivity index (χ3n) is 7.84. The van der Waals surface area contributed by atoms with Crippen LogP contribution in [-0.4, -0.2) is 57.4 Å². The predicted octanol–water partition coefficient (Wildman–Crippen LogP) is 4.64. The van der Waals surface area contributed by atoms with Crippen molar-refractivity contribution in [2.45, 2.75) is 32.4 Å².